The van der Waals surface area contributed by atoms with Crippen LogP contribution in [0.4, 0.5) is 11.4 Å². The molecule has 0 radical (unpaired) electrons. The van der Waals surface area contributed by atoms with E-state index in [2.05, 4.69) is 5.32 Å². The SMILES string of the molecule is Cc1cc(NC(=O)CCc2ccccc2)ccc1N. The van der Waals surface area contributed by atoms with E-state index in [0.29, 0.717) is 6.42 Å². The van der Waals surface area contributed by atoms with E-state index in [9.17, 15) is 4.79 Å². The summed E-state index contributed by atoms with van der Waals surface area (Å²) in [6.07, 6.45) is 1.23. The third kappa shape index (κ3) is 3.85. The number of hydrogen-bond donors (Lipinski definition) is 2. The molecule has 0 aliphatic carbocycles. The summed E-state index contributed by atoms with van der Waals surface area (Å²) >= 11 is 0. The average molecular weight is 254 g/mol. The highest BCUT2D eigenvalue weighted by molar-refractivity contribution is 5.91. The number of amides is 1. The zero-order valence-corrected chi connectivity index (χ0v) is 11.0. The second-order valence-electron chi connectivity index (χ2n) is 4.61. The van der Waals surface area contributed by atoms with Crippen molar-refractivity contribution in [2.75, 3.05) is 11.1 Å². The van der Waals surface area contributed by atoms with Crippen LogP contribution in [-0.2, 0) is 11.2 Å². The first-order valence-corrected chi connectivity index (χ1v) is 6.35. The maximum atomic E-state index is 11.8. The van der Waals surface area contributed by atoms with Gasteiger partial charge in [-0.25, -0.2) is 0 Å². The van der Waals surface area contributed by atoms with E-state index in [4.69, 9.17) is 5.73 Å². The van der Waals surface area contributed by atoms with Gasteiger partial charge >= 0.3 is 0 Å². The molecule has 0 aliphatic heterocycles. The Balaban J connectivity index is 1.89. The van der Waals surface area contributed by atoms with Gasteiger partial charge in [0.15, 0.2) is 0 Å². The van der Waals surface area contributed by atoms with Crippen LogP contribution in [0.3, 0.4) is 0 Å². The number of rotatable bonds is 4. The Labute approximate surface area is 113 Å². The second-order valence-corrected chi connectivity index (χ2v) is 4.61. The molecule has 3 heteroatoms. The summed E-state index contributed by atoms with van der Waals surface area (Å²) in [7, 11) is 0. The van der Waals surface area contributed by atoms with E-state index < -0.39 is 0 Å². The van der Waals surface area contributed by atoms with Gasteiger partial charge in [-0.1, -0.05) is 30.3 Å². The van der Waals surface area contributed by atoms with E-state index in [-0.39, 0.29) is 5.91 Å². The second kappa shape index (κ2) is 6.05. The maximum absolute atomic E-state index is 11.8. The molecule has 98 valence electrons. The molecule has 0 fully saturated rings. The summed E-state index contributed by atoms with van der Waals surface area (Å²) < 4.78 is 0. The Morgan fingerprint density at radius 1 is 1.16 bits per heavy atom. The lowest BCUT2D eigenvalue weighted by Crippen LogP contribution is -2.12. The zero-order chi connectivity index (χ0) is 13.7. The normalized spacial score (nSPS) is 10.2. The van der Waals surface area contributed by atoms with Gasteiger partial charge in [0.25, 0.3) is 0 Å². The summed E-state index contributed by atoms with van der Waals surface area (Å²) in [6.45, 7) is 1.93. The van der Waals surface area contributed by atoms with Crippen molar-refractivity contribution >= 4 is 17.3 Å². The van der Waals surface area contributed by atoms with Crippen LogP contribution in [-0.4, -0.2) is 5.91 Å². The van der Waals surface area contributed by atoms with E-state index in [0.717, 1.165) is 23.4 Å². The van der Waals surface area contributed by atoms with Gasteiger partial charge in [0.05, 0.1) is 0 Å². The number of nitrogens with two attached hydrogens (primary N) is 1. The Morgan fingerprint density at radius 3 is 2.58 bits per heavy atom. The summed E-state index contributed by atoms with van der Waals surface area (Å²) in [5, 5.41) is 2.89. The minimum atomic E-state index is 0.0213. The molecule has 0 heterocycles. The number of nitrogens with one attached hydrogen (secondary N) is 1. The Bertz CT molecular complexity index is 564. The van der Waals surface area contributed by atoms with E-state index in [1.807, 2.05) is 55.5 Å². The first-order chi connectivity index (χ1) is 9.15. The third-order valence-electron chi connectivity index (χ3n) is 3.04. The highest BCUT2D eigenvalue weighted by Gasteiger charge is 2.04. The average Bonchev–Trinajstić information content (AvgIpc) is 2.42. The first kappa shape index (κ1) is 13.1. The molecule has 2 rings (SSSR count). The molecule has 19 heavy (non-hydrogen) atoms. The van der Waals surface area contributed by atoms with Gasteiger partial charge in [0.2, 0.25) is 5.91 Å². The number of aryl methyl sites for hydroxylation is 2. The Kier molecular flexibility index (Phi) is 4.18. The van der Waals surface area contributed by atoms with Crippen molar-refractivity contribution in [3.8, 4) is 0 Å². The van der Waals surface area contributed by atoms with Gasteiger partial charge in [0, 0.05) is 17.8 Å². The predicted molar refractivity (Wildman–Crippen MR) is 79.0 cm³/mol. The van der Waals surface area contributed by atoms with Gasteiger partial charge in [-0.05, 0) is 42.7 Å². The maximum Gasteiger partial charge on any atom is 0.224 e. The molecule has 0 saturated carbocycles. The zero-order valence-electron chi connectivity index (χ0n) is 11.0. The minimum Gasteiger partial charge on any atom is -0.399 e. The Morgan fingerprint density at radius 2 is 1.89 bits per heavy atom. The first-order valence-electron chi connectivity index (χ1n) is 6.35. The molecule has 1 amide bonds. The van der Waals surface area contributed by atoms with Gasteiger partial charge in [-0.3, -0.25) is 4.79 Å². The van der Waals surface area contributed by atoms with Gasteiger partial charge in [-0.2, -0.15) is 0 Å². The standard InChI is InChI=1S/C16H18N2O/c1-12-11-14(8-9-15(12)17)18-16(19)10-7-13-5-3-2-4-6-13/h2-6,8-9,11H,7,10,17H2,1H3,(H,18,19). The van der Waals surface area contributed by atoms with Crippen LogP contribution in [0, 0.1) is 6.92 Å². The van der Waals surface area contributed by atoms with E-state index in [1.165, 1.54) is 5.56 Å². The molecule has 0 bridgehead atoms. The number of carbonyl (C=O) groups is 1. The van der Waals surface area contributed by atoms with Crippen molar-refractivity contribution in [3.05, 3.63) is 59.7 Å². The van der Waals surface area contributed by atoms with Crippen molar-refractivity contribution in [1.82, 2.24) is 0 Å². The summed E-state index contributed by atoms with van der Waals surface area (Å²) in [6, 6.07) is 15.5. The van der Waals surface area contributed by atoms with Crippen LogP contribution in [0.5, 0.6) is 0 Å². The largest absolute Gasteiger partial charge is 0.399 e. The lowest BCUT2D eigenvalue weighted by molar-refractivity contribution is -0.116. The predicted octanol–water partition coefficient (Wildman–Crippen LogP) is 3.15. The lowest BCUT2D eigenvalue weighted by Gasteiger charge is -2.07. The van der Waals surface area contributed by atoms with Crippen LogP contribution in [0.15, 0.2) is 48.5 Å². The highest BCUT2D eigenvalue weighted by atomic mass is 16.1. The van der Waals surface area contributed by atoms with Crippen molar-refractivity contribution in [3.63, 3.8) is 0 Å². The monoisotopic (exact) mass is 254 g/mol. The number of anilines is 2. The topological polar surface area (TPSA) is 55.1 Å². The highest BCUT2D eigenvalue weighted by Crippen LogP contribution is 2.16. The van der Waals surface area contributed by atoms with Crippen molar-refractivity contribution in [2.45, 2.75) is 19.8 Å². The van der Waals surface area contributed by atoms with E-state index >= 15 is 0 Å². The van der Waals surface area contributed by atoms with Crippen molar-refractivity contribution in [2.24, 2.45) is 0 Å². The smallest absolute Gasteiger partial charge is 0.224 e. The molecule has 0 unspecified atom stereocenters. The number of benzene rings is 2. The van der Waals surface area contributed by atoms with Crippen LogP contribution in [0.1, 0.15) is 17.5 Å². The van der Waals surface area contributed by atoms with Crippen LogP contribution in [0.2, 0.25) is 0 Å². The lowest BCUT2D eigenvalue weighted by atomic mass is 10.1. The molecule has 0 atom stereocenters. The fraction of sp³-hybridized carbons (Fsp3) is 0.188. The fourth-order valence-electron chi connectivity index (χ4n) is 1.88. The minimum absolute atomic E-state index is 0.0213. The Hall–Kier alpha value is -2.29. The molecular weight excluding hydrogens is 236 g/mol. The molecule has 3 N–H and O–H groups in total. The molecule has 0 aromatic heterocycles. The van der Waals surface area contributed by atoms with Crippen molar-refractivity contribution < 1.29 is 4.79 Å². The summed E-state index contributed by atoms with van der Waals surface area (Å²) in [5.74, 6) is 0.0213. The van der Waals surface area contributed by atoms with Crippen LogP contribution in [0.25, 0.3) is 0 Å². The number of nitrogen functional groups attached to an aromatic ring is 1. The van der Waals surface area contributed by atoms with E-state index in [1.54, 1.807) is 0 Å². The molecular formula is C16H18N2O. The number of hydrogen-bond acceptors (Lipinski definition) is 2. The van der Waals surface area contributed by atoms with Gasteiger partial charge < -0.3 is 11.1 Å². The third-order valence-corrected chi connectivity index (χ3v) is 3.04. The summed E-state index contributed by atoms with van der Waals surface area (Å²) in [5.41, 5.74) is 9.42. The molecule has 0 saturated heterocycles. The van der Waals surface area contributed by atoms with Gasteiger partial charge in [-0.15, -0.1) is 0 Å². The molecule has 0 spiro atoms. The summed E-state index contributed by atoms with van der Waals surface area (Å²) in [4.78, 5) is 11.8. The molecule has 3 nitrogen and oxygen atoms in total. The van der Waals surface area contributed by atoms with Gasteiger partial charge in [0.1, 0.15) is 0 Å². The van der Waals surface area contributed by atoms with Crippen molar-refractivity contribution in [1.29, 1.82) is 0 Å². The quantitative estimate of drug-likeness (QED) is 0.823. The van der Waals surface area contributed by atoms with Crippen LogP contribution < -0.4 is 11.1 Å². The number of carbonyl (C=O) groups excluding carboxylic acids is 1. The molecule has 2 aromatic rings. The fourth-order valence-corrected chi connectivity index (χ4v) is 1.88. The molecule has 0 aliphatic rings. The molecule has 2 aromatic carbocycles. The van der Waals surface area contributed by atoms with Crippen LogP contribution >= 0.6 is 0 Å².